The molecule has 0 aromatic heterocycles. The quantitative estimate of drug-likeness (QED) is 0.333. The Labute approximate surface area is 172 Å². The summed E-state index contributed by atoms with van der Waals surface area (Å²) in [6.45, 7) is 0.196. The molecule has 2 N–H and O–H groups in total. The molecule has 0 saturated heterocycles. The fourth-order valence-electron chi connectivity index (χ4n) is 2.39. The highest BCUT2D eigenvalue weighted by molar-refractivity contribution is 8.13. The van der Waals surface area contributed by atoms with Crippen molar-refractivity contribution in [3.63, 3.8) is 0 Å². The van der Waals surface area contributed by atoms with Crippen LogP contribution in [0, 0.1) is 11.6 Å². The molecule has 0 radical (unpaired) electrons. The van der Waals surface area contributed by atoms with Crippen molar-refractivity contribution >= 4 is 23.1 Å². The summed E-state index contributed by atoms with van der Waals surface area (Å²) < 4.78 is 31.7. The highest BCUT2D eigenvalue weighted by Gasteiger charge is 2.02. The molecule has 0 aliphatic heterocycles. The third-order valence-corrected chi connectivity index (χ3v) is 4.67. The van der Waals surface area contributed by atoms with Gasteiger partial charge < -0.3 is 10.5 Å². The van der Waals surface area contributed by atoms with Crippen molar-refractivity contribution in [2.24, 2.45) is 15.9 Å². The first-order valence-electron chi connectivity index (χ1n) is 8.79. The van der Waals surface area contributed by atoms with E-state index in [9.17, 15) is 8.78 Å². The largest absolute Gasteiger partial charge is 0.489 e. The van der Waals surface area contributed by atoms with Crippen LogP contribution in [0.4, 0.5) is 8.78 Å². The first kappa shape index (κ1) is 20.5. The van der Waals surface area contributed by atoms with Crippen molar-refractivity contribution in [3.05, 3.63) is 101 Å². The van der Waals surface area contributed by atoms with E-state index in [1.807, 2.05) is 54.6 Å². The summed E-state index contributed by atoms with van der Waals surface area (Å²) in [7, 11) is 0. The maximum atomic E-state index is 13.2. The van der Waals surface area contributed by atoms with Crippen molar-refractivity contribution in [2.75, 3.05) is 0 Å². The third-order valence-electron chi connectivity index (χ3n) is 3.81. The van der Waals surface area contributed by atoms with Gasteiger partial charge >= 0.3 is 0 Å². The van der Waals surface area contributed by atoms with Gasteiger partial charge in [-0.3, -0.25) is 0 Å². The second-order valence-corrected chi connectivity index (χ2v) is 7.09. The molecule has 148 valence electrons. The van der Waals surface area contributed by atoms with Crippen molar-refractivity contribution in [1.29, 1.82) is 0 Å². The monoisotopic (exact) mass is 411 g/mol. The van der Waals surface area contributed by atoms with Gasteiger partial charge in [0.2, 0.25) is 0 Å². The van der Waals surface area contributed by atoms with Gasteiger partial charge in [-0.1, -0.05) is 66.4 Å². The number of benzene rings is 3. The molecule has 0 saturated carbocycles. The molecule has 4 nitrogen and oxygen atoms in total. The van der Waals surface area contributed by atoms with E-state index >= 15 is 0 Å². The molecule has 0 heterocycles. The molecule has 29 heavy (non-hydrogen) atoms. The topological polar surface area (TPSA) is 60.0 Å². The molecule has 0 spiro atoms. The van der Waals surface area contributed by atoms with Gasteiger partial charge in [-0.25, -0.2) is 8.78 Å². The Morgan fingerprint density at radius 1 is 0.931 bits per heavy atom. The van der Waals surface area contributed by atoms with Gasteiger partial charge in [0.1, 0.15) is 24.0 Å². The minimum Gasteiger partial charge on any atom is -0.489 e. The van der Waals surface area contributed by atoms with E-state index < -0.39 is 11.6 Å². The molecule has 3 aromatic rings. The zero-order valence-corrected chi connectivity index (χ0v) is 16.3. The van der Waals surface area contributed by atoms with E-state index in [1.165, 1.54) is 17.3 Å². The van der Waals surface area contributed by atoms with Crippen LogP contribution < -0.4 is 10.5 Å². The number of halogens is 2. The van der Waals surface area contributed by atoms with E-state index in [2.05, 4.69) is 10.2 Å². The summed E-state index contributed by atoms with van der Waals surface area (Å²) in [5, 5.41) is 8.37. The highest BCUT2D eigenvalue weighted by atomic mass is 32.2. The minimum absolute atomic E-state index is 0.144. The summed E-state index contributed by atoms with van der Waals surface area (Å²) in [5.74, 6) is -0.470. The lowest BCUT2D eigenvalue weighted by molar-refractivity contribution is 0.302. The van der Waals surface area contributed by atoms with Crippen LogP contribution in [-0.2, 0) is 12.4 Å². The Morgan fingerprint density at radius 2 is 1.62 bits per heavy atom. The number of rotatable bonds is 7. The molecule has 0 atom stereocenters. The second-order valence-electron chi connectivity index (χ2n) is 6.09. The number of thioether (sulfide) groups is 1. The van der Waals surface area contributed by atoms with Crippen LogP contribution in [0.2, 0.25) is 0 Å². The lowest BCUT2D eigenvalue weighted by Crippen LogP contribution is -2.06. The first-order chi connectivity index (χ1) is 14.1. The first-order valence-corrected chi connectivity index (χ1v) is 9.78. The van der Waals surface area contributed by atoms with Gasteiger partial charge in [0.05, 0.1) is 6.21 Å². The van der Waals surface area contributed by atoms with Crippen molar-refractivity contribution in [1.82, 2.24) is 0 Å². The fraction of sp³-hybridized carbons (Fsp3) is 0.0909. The number of ether oxygens (including phenoxy) is 1. The Kier molecular flexibility index (Phi) is 7.35. The summed E-state index contributed by atoms with van der Waals surface area (Å²) >= 11 is 1.42. The maximum absolute atomic E-state index is 13.2. The molecule has 0 bridgehead atoms. The van der Waals surface area contributed by atoms with Crippen molar-refractivity contribution < 1.29 is 13.5 Å². The van der Waals surface area contributed by atoms with Gasteiger partial charge in [-0.15, -0.1) is 5.10 Å². The normalized spacial score (nSPS) is 11.7. The number of hydrogen-bond acceptors (Lipinski definition) is 4. The molecule has 7 heteroatoms. The van der Waals surface area contributed by atoms with E-state index in [1.54, 1.807) is 6.21 Å². The van der Waals surface area contributed by atoms with Crippen LogP contribution in [0.3, 0.4) is 0 Å². The minimum atomic E-state index is -0.673. The van der Waals surface area contributed by atoms with Gasteiger partial charge in [0.25, 0.3) is 0 Å². The highest BCUT2D eigenvalue weighted by Crippen LogP contribution is 2.17. The van der Waals surface area contributed by atoms with Crippen LogP contribution in [0.5, 0.6) is 5.75 Å². The summed E-state index contributed by atoms with van der Waals surface area (Å²) in [6, 6.07) is 20.4. The van der Waals surface area contributed by atoms with E-state index in [0.29, 0.717) is 5.17 Å². The average molecular weight is 411 g/mol. The van der Waals surface area contributed by atoms with Crippen molar-refractivity contribution in [2.45, 2.75) is 12.4 Å². The van der Waals surface area contributed by atoms with Crippen LogP contribution >= 0.6 is 11.8 Å². The lowest BCUT2D eigenvalue weighted by atomic mass is 10.1. The predicted molar refractivity (Wildman–Crippen MR) is 114 cm³/mol. The van der Waals surface area contributed by atoms with Crippen LogP contribution in [0.15, 0.2) is 83.0 Å². The smallest absolute Gasteiger partial charge is 0.180 e. The summed E-state index contributed by atoms with van der Waals surface area (Å²) in [4.78, 5) is 0. The van der Waals surface area contributed by atoms with E-state index in [4.69, 9.17) is 10.5 Å². The molecular formula is C22H19F2N3OS. The van der Waals surface area contributed by atoms with Crippen LogP contribution in [0.1, 0.15) is 16.7 Å². The van der Waals surface area contributed by atoms with Gasteiger partial charge in [0.15, 0.2) is 5.17 Å². The third kappa shape index (κ3) is 7.04. The standard InChI is InChI=1S/C22H19F2N3OS/c23-19-10-20(24)12-21(11-19)28-14-17-8-6-16(7-9-17)13-26-27-22(25)29-15-18-4-2-1-3-5-18/h1-13H,14-15H2,(H2,25,27). The SMILES string of the molecule is NC(=NN=Cc1ccc(COc2cc(F)cc(F)c2)cc1)SCc1ccccc1. The van der Waals surface area contributed by atoms with Gasteiger partial charge in [-0.05, 0) is 16.7 Å². The Morgan fingerprint density at radius 3 is 2.31 bits per heavy atom. The molecule has 3 rings (SSSR count). The zero-order valence-electron chi connectivity index (χ0n) is 15.5. The number of nitrogens with two attached hydrogens (primary N) is 1. The fourth-order valence-corrected chi connectivity index (χ4v) is 3.00. The van der Waals surface area contributed by atoms with Gasteiger partial charge in [-0.2, -0.15) is 5.10 Å². The average Bonchev–Trinajstić information content (AvgIpc) is 2.72. The van der Waals surface area contributed by atoms with Gasteiger partial charge in [0, 0.05) is 24.0 Å². The maximum Gasteiger partial charge on any atom is 0.180 e. The number of amidine groups is 1. The number of nitrogens with zero attached hydrogens (tertiary/aromatic N) is 2. The van der Waals surface area contributed by atoms with E-state index in [0.717, 1.165) is 35.1 Å². The van der Waals surface area contributed by atoms with Crippen LogP contribution in [-0.4, -0.2) is 11.4 Å². The van der Waals surface area contributed by atoms with E-state index in [-0.39, 0.29) is 12.4 Å². The lowest BCUT2D eigenvalue weighted by Gasteiger charge is -2.07. The number of hydrogen-bond donors (Lipinski definition) is 1. The van der Waals surface area contributed by atoms with Crippen molar-refractivity contribution in [3.8, 4) is 5.75 Å². The molecule has 0 aliphatic rings. The summed E-state index contributed by atoms with van der Waals surface area (Å²) in [5.41, 5.74) is 8.72. The Hall–Kier alpha value is -3.19. The zero-order chi connectivity index (χ0) is 20.5. The molecule has 0 unspecified atom stereocenters. The summed E-state index contributed by atoms with van der Waals surface area (Å²) in [6.07, 6.45) is 1.60. The molecule has 3 aromatic carbocycles. The Bertz CT molecular complexity index is 972. The Balaban J connectivity index is 1.49. The molecular weight excluding hydrogens is 392 g/mol. The molecule has 0 fully saturated rings. The second kappa shape index (κ2) is 10.4. The molecule has 0 amide bonds. The van der Waals surface area contributed by atoms with Crippen LogP contribution in [0.25, 0.3) is 0 Å². The molecule has 0 aliphatic carbocycles. The predicted octanol–water partition coefficient (Wildman–Crippen LogP) is 5.13.